The van der Waals surface area contributed by atoms with Gasteiger partial charge in [0.25, 0.3) is 5.91 Å². The third-order valence-electron chi connectivity index (χ3n) is 2.87. The molecule has 0 bridgehead atoms. The van der Waals surface area contributed by atoms with Crippen LogP contribution in [0.3, 0.4) is 0 Å². The van der Waals surface area contributed by atoms with Crippen molar-refractivity contribution in [3.8, 4) is 11.6 Å². The minimum atomic E-state index is -0.339. The molecular weight excluding hydrogens is 294 g/mol. The molecule has 2 heterocycles. The lowest BCUT2D eigenvalue weighted by atomic mass is 10.3. The fraction of sp³-hybridized carbons (Fsp3) is 0.0625. The number of anilines is 1. The zero-order chi connectivity index (χ0) is 16.1. The van der Waals surface area contributed by atoms with Crippen LogP contribution >= 0.6 is 0 Å². The molecule has 7 heteroatoms. The van der Waals surface area contributed by atoms with Crippen LogP contribution in [0, 0.1) is 6.92 Å². The van der Waals surface area contributed by atoms with E-state index in [1.807, 2.05) is 6.92 Å². The van der Waals surface area contributed by atoms with E-state index in [9.17, 15) is 4.79 Å². The second kappa shape index (κ2) is 6.61. The Labute approximate surface area is 132 Å². The highest BCUT2D eigenvalue weighted by Gasteiger charge is 2.09. The first-order valence-corrected chi connectivity index (χ1v) is 6.84. The van der Waals surface area contributed by atoms with Gasteiger partial charge in [-0.25, -0.2) is 9.97 Å². The van der Waals surface area contributed by atoms with E-state index in [1.165, 1.54) is 18.6 Å². The van der Waals surface area contributed by atoms with Crippen LogP contribution in [-0.4, -0.2) is 25.8 Å². The van der Waals surface area contributed by atoms with E-state index in [2.05, 4.69) is 25.3 Å². The summed E-state index contributed by atoms with van der Waals surface area (Å²) in [6, 6.07) is 6.97. The first-order chi connectivity index (χ1) is 11.2. The highest BCUT2D eigenvalue weighted by molar-refractivity contribution is 6.02. The summed E-state index contributed by atoms with van der Waals surface area (Å²) in [6.45, 7) is 1.81. The zero-order valence-electron chi connectivity index (χ0n) is 12.3. The van der Waals surface area contributed by atoms with Gasteiger partial charge in [-0.3, -0.25) is 14.8 Å². The van der Waals surface area contributed by atoms with Gasteiger partial charge in [0, 0.05) is 30.3 Å². The summed E-state index contributed by atoms with van der Waals surface area (Å²) in [5, 5.41) is 2.75. The molecule has 0 spiro atoms. The second-order valence-corrected chi connectivity index (χ2v) is 4.67. The van der Waals surface area contributed by atoms with Gasteiger partial charge in [0.2, 0.25) is 5.88 Å². The van der Waals surface area contributed by atoms with Crippen molar-refractivity contribution < 1.29 is 9.53 Å². The van der Waals surface area contributed by atoms with E-state index >= 15 is 0 Å². The molecule has 23 heavy (non-hydrogen) atoms. The molecule has 3 rings (SSSR count). The summed E-state index contributed by atoms with van der Waals surface area (Å²) in [5.74, 6) is 0.577. The number of aromatic nitrogens is 4. The lowest BCUT2D eigenvalue weighted by molar-refractivity contribution is 0.102. The monoisotopic (exact) mass is 307 g/mol. The van der Waals surface area contributed by atoms with Crippen molar-refractivity contribution in [3.63, 3.8) is 0 Å². The fourth-order valence-electron chi connectivity index (χ4n) is 1.80. The minimum absolute atomic E-state index is 0.246. The zero-order valence-corrected chi connectivity index (χ0v) is 12.3. The number of benzene rings is 1. The Morgan fingerprint density at radius 1 is 1.09 bits per heavy atom. The van der Waals surface area contributed by atoms with Crippen LogP contribution in [0.4, 0.5) is 5.69 Å². The molecule has 0 atom stereocenters. The van der Waals surface area contributed by atoms with Gasteiger partial charge >= 0.3 is 0 Å². The number of carbonyl (C=O) groups is 1. The summed E-state index contributed by atoms with van der Waals surface area (Å²) in [7, 11) is 0. The van der Waals surface area contributed by atoms with E-state index in [0.717, 1.165) is 5.69 Å². The van der Waals surface area contributed by atoms with Crippen LogP contribution in [-0.2, 0) is 0 Å². The van der Waals surface area contributed by atoms with Gasteiger partial charge in [-0.2, -0.15) is 0 Å². The molecule has 114 valence electrons. The molecule has 1 N–H and O–H groups in total. The average molecular weight is 307 g/mol. The van der Waals surface area contributed by atoms with E-state index in [0.29, 0.717) is 17.3 Å². The standard InChI is InChI=1S/C16H13N5O2/c1-11-8-20-14(9-19-11)16(22)21-12-3-2-4-13(7-12)23-15-10-17-5-6-18-15/h2-10H,1H3,(H,21,22). The Morgan fingerprint density at radius 3 is 2.74 bits per heavy atom. The molecule has 0 aliphatic rings. The van der Waals surface area contributed by atoms with Gasteiger partial charge in [0.15, 0.2) is 0 Å². The molecule has 0 aliphatic heterocycles. The molecule has 0 saturated heterocycles. The number of carbonyl (C=O) groups excluding carboxylic acids is 1. The fourth-order valence-corrected chi connectivity index (χ4v) is 1.80. The van der Waals surface area contributed by atoms with Crippen LogP contribution in [0.5, 0.6) is 11.6 Å². The van der Waals surface area contributed by atoms with Crippen LogP contribution < -0.4 is 10.1 Å². The maximum Gasteiger partial charge on any atom is 0.275 e. The second-order valence-electron chi connectivity index (χ2n) is 4.67. The number of rotatable bonds is 4. The predicted molar refractivity (Wildman–Crippen MR) is 83.3 cm³/mol. The number of nitrogens with one attached hydrogen (secondary N) is 1. The van der Waals surface area contributed by atoms with E-state index in [4.69, 9.17) is 4.74 Å². The van der Waals surface area contributed by atoms with Crippen molar-refractivity contribution in [2.75, 3.05) is 5.32 Å². The third kappa shape index (κ3) is 3.85. The maximum atomic E-state index is 12.1. The lowest BCUT2D eigenvalue weighted by Gasteiger charge is -2.08. The quantitative estimate of drug-likeness (QED) is 0.797. The van der Waals surface area contributed by atoms with Crippen molar-refractivity contribution in [1.29, 1.82) is 0 Å². The first kappa shape index (κ1) is 14.6. The molecule has 1 aromatic carbocycles. The largest absolute Gasteiger partial charge is 0.437 e. The van der Waals surface area contributed by atoms with Gasteiger partial charge in [-0.05, 0) is 19.1 Å². The van der Waals surface area contributed by atoms with E-state index < -0.39 is 0 Å². The van der Waals surface area contributed by atoms with E-state index in [1.54, 1.807) is 36.7 Å². The van der Waals surface area contributed by atoms with Gasteiger partial charge in [-0.15, -0.1) is 0 Å². The maximum absolute atomic E-state index is 12.1. The highest BCUT2D eigenvalue weighted by Crippen LogP contribution is 2.22. The van der Waals surface area contributed by atoms with Gasteiger partial charge in [0.05, 0.1) is 18.1 Å². The Balaban J connectivity index is 1.72. The number of hydrogen-bond acceptors (Lipinski definition) is 6. The third-order valence-corrected chi connectivity index (χ3v) is 2.87. The normalized spacial score (nSPS) is 10.1. The Hall–Kier alpha value is -3.35. The molecule has 1 amide bonds. The lowest BCUT2D eigenvalue weighted by Crippen LogP contribution is -2.14. The Bertz CT molecular complexity index is 806. The average Bonchev–Trinajstić information content (AvgIpc) is 2.57. The van der Waals surface area contributed by atoms with Crippen LogP contribution in [0.2, 0.25) is 0 Å². The van der Waals surface area contributed by atoms with Crippen molar-refractivity contribution in [2.45, 2.75) is 6.92 Å². The summed E-state index contributed by atoms with van der Waals surface area (Å²) in [6.07, 6.45) is 7.59. The molecular formula is C16H13N5O2. The van der Waals surface area contributed by atoms with Crippen molar-refractivity contribution in [1.82, 2.24) is 19.9 Å². The molecule has 0 fully saturated rings. The highest BCUT2D eigenvalue weighted by atomic mass is 16.5. The summed E-state index contributed by atoms with van der Waals surface area (Å²) in [5.41, 5.74) is 1.58. The van der Waals surface area contributed by atoms with Crippen LogP contribution in [0.15, 0.2) is 55.2 Å². The van der Waals surface area contributed by atoms with Crippen LogP contribution in [0.1, 0.15) is 16.2 Å². The molecule has 7 nitrogen and oxygen atoms in total. The predicted octanol–water partition coefficient (Wildman–Crippen LogP) is 2.62. The molecule has 0 unspecified atom stereocenters. The molecule has 0 saturated carbocycles. The van der Waals surface area contributed by atoms with Crippen molar-refractivity contribution in [2.24, 2.45) is 0 Å². The molecule has 0 aliphatic carbocycles. The van der Waals surface area contributed by atoms with Crippen molar-refractivity contribution >= 4 is 11.6 Å². The van der Waals surface area contributed by atoms with Gasteiger partial charge < -0.3 is 10.1 Å². The van der Waals surface area contributed by atoms with Gasteiger partial charge in [-0.1, -0.05) is 6.07 Å². The smallest absolute Gasteiger partial charge is 0.275 e. The number of aryl methyl sites for hydroxylation is 1. The van der Waals surface area contributed by atoms with Crippen molar-refractivity contribution in [3.05, 3.63) is 66.6 Å². The number of hydrogen-bond donors (Lipinski definition) is 1. The Kier molecular flexibility index (Phi) is 4.19. The summed E-state index contributed by atoms with van der Waals surface area (Å²) >= 11 is 0. The molecule has 0 radical (unpaired) electrons. The summed E-state index contributed by atoms with van der Waals surface area (Å²) < 4.78 is 5.57. The topological polar surface area (TPSA) is 89.9 Å². The number of amides is 1. The summed E-state index contributed by atoms with van der Waals surface area (Å²) in [4.78, 5) is 28.2. The van der Waals surface area contributed by atoms with E-state index in [-0.39, 0.29) is 11.6 Å². The first-order valence-electron chi connectivity index (χ1n) is 6.84. The van der Waals surface area contributed by atoms with Gasteiger partial charge in [0.1, 0.15) is 11.4 Å². The van der Waals surface area contributed by atoms with Crippen LogP contribution in [0.25, 0.3) is 0 Å². The Morgan fingerprint density at radius 2 is 2.00 bits per heavy atom. The number of ether oxygens (including phenoxy) is 1. The molecule has 2 aromatic heterocycles. The SMILES string of the molecule is Cc1cnc(C(=O)Nc2cccc(Oc3cnccn3)c2)cn1. The molecule has 3 aromatic rings. The number of nitrogens with zero attached hydrogens (tertiary/aromatic N) is 4. The minimum Gasteiger partial charge on any atom is -0.437 e.